The van der Waals surface area contributed by atoms with Crippen LogP contribution in [0.4, 0.5) is 0 Å². The highest BCUT2D eigenvalue weighted by Crippen LogP contribution is 2.42. The third kappa shape index (κ3) is 6.87. The molecule has 0 amide bonds. The van der Waals surface area contributed by atoms with Crippen molar-refractivity contribution < 1.29 is 12.9 Å². The molecule has 216 valence electrons. The summed E-state index contributed by atoms with van der Waals surface area (Å²) >= 11 is 0. The van der Waals surface area contributed by atoms with Gasteiger partial charge in [-0.2, -0.15) is 0 Å². The molecule has 1 aromatic heterocycles. The molecule has 0 spiro atoms. The summed E-state index contributed by atoms with van der Waals surface area (Å²) < 4.78 is 19.9. The van der Waals surface area contributed by atoms with E-state index in [2.05, 4.69) is 126 Å². The average molecular weight is 561 g/mol. The minimum Gasteiger partial charge on any atom is -0.399 e. The van der Waals surface area contributed by atoms with Crippen LogP contribution in [0, 0.1) is 20.8 Å². The summed E-state index contributed by atoms with van der Waals surface area (Å²) in [4.78, 5) is 0. The van der Waals surface area contributed by atoms with Crippen LogP contribution in [0.5, 0.6) is 0 Å². The zero-order chi connectivity index (χ0) is 29.6. The van der Waals surface area contributed by atoms with Gasteiger partial charge >= 0.3 is 8.24 Å². The molecule has 0 saturated heterocycles. The van der Waals surface area contributed by atoms with E-state index >= 15 is 0 Å². The first-order valence-electron chi connectivity index (χ1n) is 14.6. The number of fused-ring (bicyclic) bond motifs is 3. The van der Waals surface area contributed by atoms with Gasteiger partial charge in [-0.1, -0.05) is 98.2 Å². The number of hydrogen-bond donors (Lipinski definition) is 0. The van der Waals surface area contributed by atoms with Gasteiger partial charge in [0.15, 0.2) is 0 Å². The molecule has 3 aromatic carbocycles. The molecule has 1 heterocycles. The van der Waals surface area contributed by atoms with E-state index in [1.54, 1.807) is 0 Å². The Hall–Kier alpha value is -2.48. The second-order valence-electron chi connectivity index (χ2n) is 14.7. The fourth-order valence-corrected chi connectivity index (χ4v) is 6.45. The molecule has 0 aliphatic carbocycles. The molecule has 3 nitrogen and oxygen atoms in total. The summed E-state index contributed by atoms with van der Waals surface area (Å²) in [6, 6.07) is 15.9. The van der Waals surface area contributed by atoms with Crippen molar-refractivity contribution in [3.05, 3.63) is 81.4 Å². The Bertz CT molecular complexity index is 1490. The lowest BCUT2D eigenvalue weighted by molar-refractivity contribution is 0.363. The SMILES string of the molecule is Cc1cc(CCCOp2oc3c(C(C)(C)C)cc(C)cc3c3cc(C)cc(C(C)(C)C)c3o2)cc(C(C)(C)C)c1. The molecular formula is C36H49O3P. The zero-order valence-corrected chi connectivity index (χ0v) is 27.7. The van der Waals surface area contributed by atoms with Crippen LogP contribution in [-0.4, -0.2) is 6.61 Å². The van der Waals surface area contributed by atoms with Crippen molar-refractivity contribution in [2.45, 2.75) is 112 Å². The van der Waals surface area contributed by atoms with Gasteiger partial charge in [-0.25, -0.2) is 0 Å². The Morgan fingerprint density at radius 1 is 0.600 bits per heavy atom. The van der Waals surface area contributed by atoms with Gasteiger partial charge < -0.3 is 8.39 Å². The van der Waals surface area contributed by atoms with Gasteiger partial charge in [0, 0.05) is 21.9 Å². The van der Waals surface area contributed by atoms with Gasteiger partial charge in [-0.15, -0.1) is 0 Å². The standard InChI is InChI=1S/C36H49O3P/c1-23-16-26(22-27(17-23)34(4,5)6)14-13-15-37-40-38-32-28(18-24(2)20-30(32)35(7,8)9)29-19-25(3)21-31(33(29)39-40)36(10,11)12/h16-22H,13-15H2,1-12H3. The first-order valence-corrected chi connectivity index (χ1v) is 15.7. The maximum absolute atomic E-state index is 6.72. The maximum atomic E-state index is 6.72. The van der Waals surface area contributed by atoms with Crippen molar-refractivity contribution >= 4 is 30.2 Å². The summed E-state index contributed by atoms with van der Waals surface area (Å²) in [6.07, 6.45) is 1.86. The monoisotopic (exact) mass is 560 g/mol. The van der Waals surface area contributed by atoms with Crippen LogP contribution in [0.3, 0.4) is 0 Å². The molecular weight excluding hydrogens is 511 g/mol. The quantitative estimate of drug-likeness (QED) is 0.228. The Morgan fingerprint density at radius 3 is 1.52 bits per heavy atom. The van der Waals surface area contributed by atoms with E-state index in [0.29, 0.717) is 6.61 Å². The van der Waals surface area contributed by atoms with Crippen molar-refractivity contribution in [2.24, 2.45) is 0 Å². The van der Waals surface area contributed by atoms with Gasteiger partial charge in [-0.3, -0.25) is 4.52 Å². The highest BCUT2D eigenvalue weighted by molar-refractivity contribution is 7.31. The summed E-state index contributed by atoms with van der Waals surface area (Å²) in [5.74, 6) is 0. The molecule has 4 aromatic rings. The molecule has 0 aliphatic rings. The lowest BCUT2D eigenvalue weighted by Crippen LogP contribution is -2.12. The zero-order valence-electron chi connectivity index (χ0n) is 26.8. The number of hydrogen-bond acceptors (Lipinski definition) is 3. The van der Waals surface area contributed by atoms with Crippen LogP contribution >= 0.6 is 8.24 Å². The molecule has 4 rings (SSSR count). The Kier molecular flexibility index (Phi) is 8.43. The Balaban J connectivity index is 1.80. The van der Waals surface area contributed by atoms with E-state index < -0.39 is 8.24 Å². The third-order valence-electron chi connectivity index (χ3n) is 7.51. The molecule has 0 saturated carbocycles. The predicted octanol–water partition coefficient (Wildman–Crippen LogP) is 11.2. The third-order valence-corrected chi connectivity index (χ3v) is 8.57. The highest BCUT2D eigenvalue weighted by Gasteiger charge is 2.25. The van der Waals surface area contributed by atoms with Crippen LogP contribution in [0.15, 0.2) is 50.9 Å². The van der Waals surface area contributed by atoms with E-state index in [4.69, 9.17) is 12.9 Å². The van der Waals surface area contributed by atoms with Crippen molar-refractivity contribution in [3.8, 4) is 0 Å². The summed E-state index contributed by atoms with van der Waals surface area (Å²) in [5.41, 5.74) is 10.6. The Labute approximate surface area is 243 Å². The van der Waals surface area contributed by atoms with E-state index in [9.17, 15) is 0 Å². The topological polar surface area (TPSA) is 35.5 Å². The lowest BCUT2D eigenvalue weighted by atomic mass is 9.83. The molecule has 0 unspecified atom stereocenters. The molecule has 40 heavy (non-hydrogen) atoms. The van der Waals surface area contributed by atoms with E-state index in [1.807, 2.05) is 0 Å². The molecule has 4 heteroatoms. The van der Waals surface area contributed by atoms with Crippen LogP contribution in [-0.2, 0) is 22.7 Å². The second kappa shape index (κ2) is 11.1. The van der Waals surface area contributed by atoms with E-state index in [1.165, 1.54) is 38.9 Å². The molecule has 0 fully saturated rings. The minimum atomic E-state index is -1.63. The number of aryl methyl sites for hydroxylation is 4. The van der Waals surface area contributed by atoms with Crippen molar-refractivity contribution in [3.63, 3.8) is 0 Å². The fourth-order valence-electron chi connectivity index (χ4n) is 5.33. The van der Waals surface area contributed by atoms with Gasteiger partial charge in [0.05, 0.1) is 6.61 Å². The van der Waals surface area contributed by atoms with E-state index in [0.717, 1.165) is 34.8 Å². The number of benzene rings is 3. The molecule has 0 aliphatic heterocycles. The molecule has 0 N–H and O–H groups in total. The smallest absolute Gasteiger partial charge is 0.387 e. The van der Waals surface area contributed by atoms with Crippen molar-refractivity contribution in [2.75, 3.05) is 6.61 Å². The van der Waals surface area contributed by atoms with Gasteiger partial charge in [0.25, 0.3) is 0 Å². The highest BCUT2D eigenvalue weighted by atomic mass is 31.1. The average Bonchev–Trinajstić information content (AvgIpc) is 2.95. The predicted molar refractivity (Wildman–Crippen MR) is 173 cm³/mol. The van der Waals surface area contributed by atoms with Gasteiger partial charge in [-0.05, 0) is 84.2 Å². The largest absolute Gasteiger partial charge is 0.399 e. The van der Waals surface area contributed by atoms with Crippen LogP contribution in [0.25, 0.3) is 21.9 Å². The van der Waals surface area contributed by atoms with Gasteiger partial charge in [0.2, 0.25) is 0 Å². The maximum Gasteiger partial charge on any atom is 0.387 e. The normalized spacial score (nSPS) is 12.9. The van der Waals surface area contributed by atoms with Crippen LogP contribution in [0.1, 0.15) is 108 Å². The Morgan fingerprint density at radius 2 is 1.07 bits per heavy atom. The summed E-state index contributed by atoms with van der Waals surface area (Å²) in [6.45, 7) is 27.4. The number of rotatable bonds is 5. The van der Waals surface area contributed by atoms with Crippen molar-refractivity contribution in [1.82, 2.24) is 0 Å². The van der Waals surface area contributed by atoms with Crippen LogP contribution in [0.2, 0.25) is 0 Å². The molecule has 0 atom stereocenters. The fraction of sp³-hybridized carbons (Fsp3) is 0.500. The lowest BCUT2D eigenvalue weighted by Gasteiger charge is -2.21. The first-order chi connectivity index (χ1) is 18.4. The minimum absolute atomic E-state index is 0.0891. The van der Waals surface area contributed by atoms with E-state index in [-0.39, 0.29) is 16.2 Å². The van der Waals surface area contributed by atoms with Crippen LogP contribution < -0.4 is 4.52 Å². The van der Waals surface area contributed by atoms with Crippen molar-refractivity contribution in [1.29, 1.82) is 0 Å². The molecule has 0 radical (unpaired) electrons. The summed E-state index contributed by atoms with van der Waals surface area (Å²) in [5, 5.41) is 2.19. The summed E-state index contributed by atoms with van der Waals surface area (Å²) in [7, 11) is -1.63. The molecule has 0 bridgehead atoms. The van der Waals surface area contributed by atoms with Gasteiger partial charge in [0.1, 0.15) is 11.2 Å². The second-order valence-corrected chi connectivity index (χ2v) is 15.7. The first kappa shape index (κ1) is 30.5.